The van der Waals surface area contributed by atoms with Crippen LogP contribution in [0.5, 0.6) is 0 Å². The van der Waals surface area contributed by atoms with Crippen molar-refractivity contribution in [1.29, 1.82) is 0 Å². The molecule has 0 radical (unpaired) electrons. The monoisotopic (exact) mass is 424 g/mol. The number of benzene rings is 3. The number of hydrogen-bond donors (Lipinski definition) is 1. The summed E-state index contributed by atoms with van der Waals surface area (Å²) in [4.78, 5) is 34.6. The Morgan fingerprint density at radius 3 is 2.56 bits per heavy atom. The summed E-state index contributed by atoms with van der Waals surface area (Å²) in [7, 11) is 0. The highest BCUT2D eigenvalue weighted by Crippen LogP contribution is 2.19. The van der Waals surface area contributed by atoms with E-state index in [1.807, 2.05) is 66.7 Å². The molecule has 5 rings (SSSR count). The Bertz CT molecular complexity index is 1500. The van der Waals surface area contributed by atoms with Crippen LogP contribution in [-0.4, -0.2) is 32.2 Å². The fraction of sp³-hybridized carbons (Fsp3) is 0.120. The number of rotatable bonds is 5. The highest BCUT2D eigenvalue weighted by atomic mass is 16.5. The molecule has 0 aliphatic carbocycles. The molecule has 2 heterocycles. The number of H-pyrrole nitrogens is 1. The quantitative estimate of drug-likeness (QED) is 0.432. The third-order valence-electron chi connectivity index (χ3n) is 5.44. The lowest BCUT2D eigenvalue weighted by atomic mass is 10.0. The van der Waals surface area contributed by atoms with Gasteiger partial charge in [0.25, 0.3) is 11.3 Å². The molecule has 32 heavy (non-hydrogen) atoms. The molecule has 3 aromatic carbocycles. The minimum Gasteiger partial charge on any atom is -0.462 e. The number of carbonyl (C=O) groups is 1. The number of esters is 1. The standard InChI is InChI=1S/C25H20N4O3/c1-16-19(14-15-32-24(31)21-13-7-11-17-8-5-6-12-20(17)21)23(30)29-25(26-16)27-22(28-29)18-9-3-2-4-10-18/h2-13H,14-15H2,1H3,(H,26,27,28). The summed E-state index contributed by atoms with van der Waals surface area (Å²) in [5.41, 5.74) is 2.18. The highest BCUT2D eigenvalue weighted by molar-refractivity contribution is 6.04. The second kappa shape index (κ2) is 8.11. The van der Waals surface area contributed by atoms with Crippen molar-refractivity contribution >= 4 is 22.5 Å². The molecule has 0 aliphatic heterocycles. The van der Waals surface area contributed by atoms with E-state index < -0.39 is 5.97 Å². The van der Waals surface area contributed by atoms with Crippen molar-refractivity contribution in [1.82, 2.24) is 19.6 Å². The first-order valence-electron chi connectivity index (χ1n) is 10.3. The zero-order chi connectivity index (χ0) is 22.1. The molecule has 0 amide bonds. The molecule has 0 unspecified atom stereocenters. The van der Waals surface area contributed by atoms with Gasteiger partial charge in [-0.3, -0.25) is 9.89 Å². The van der Waals surface area contributed by atoms with Gasteiger partial charge in [0.2, 0.25) is 0 Å². The second-order valence-corrected chi connectivity index (χ2v) is 7.47. The molecule has 0 fully saturated rings. The van der Waals surface area contributed by atoms with Crippen molar-refractivity contribution < 1.29 is 9.53 Å². The number of nitrogens with zero attached hydrogens (tertiary/aromatic N) is 3. The fourth-order valence-electron chi connectivity index (χ4n) is 3.79. The largest absolute Gasteiger partial charge is 0.462 e. The van der Waals surface area contributed by atoms with Gasteiger partial charge in [-0.2, -0.15) is 9.50 Å². The Balaban J connectivity index is 1.37. The Hall–Kier alpha value is -4.26. The molecule has 7 heteroatoms. The summed E-state index contributed by atoms with van der Waals surface area (Å²) >= 11 is 0. The van der Waals surface area contributed by atoms with Crippen LogP contribution in [0.4, 0.5) is 0 Å². The van der Waals surface area contributed by atoms with Gasteiger partial charge in [0, 0.05) is 17.5 Å². The number of ether oxygens (including phenoxy) is 1. The number of carbonyl (C=O) groups excluding carboxylic acids is 1. The molecule has 2 aromatic heterocycles. The average Bonchev–Trinajstić information content (AvgIpc) is 3.25. The Labute approximate surface area is 183 Å². The first-order valence-corrected chi connectivity index (χ1v) is 10.3. The predicted molar refractivity (Wildman–Crippen MR) is 122 cm³/mol. The minimum absolute atomic E-state index is 0.0750. The molecule has 0 spiro atoms. The maximum Gasteiger partial charge on any atom is 0.338 e. The molecule has 5 aromatic rings. The lowest BCUT2D eigenvalue weighted by molar-refractivity contribution is 0.0511. The summed E-state index contributed by atoms with van der Waals surface area (Å²) in [6, 6.07) is 22.7. The van der Waals surface area contributed by atoms with E-state index >= 15 is 0 Å². The number of nitrogens with one attached hydrogen (secondary N) is 1. The third kappa shape index (κ3) is 3.54. The number of aromatic nitrogens is 4. The molecular weight excluding hydrogens is 404 g/mol. The maximum atomic E-state index is 13.0. The van der Waals surface area contributed by atoms with Crippen molar-refractivity contribution in [3.8, 4) is 11.4 Å². The molecular formula is C25H20N4O3. The minimum atomic E-state index is -0.415. The van der Waals surface area contributed by atoms with Gasteiger partial charge in [-0.15, -0.1) is 0 Å². The van der Waals surface area contributed by atoms with Crippen LogP contribution in [0, 0.1) is 6.92 Å². The zero-order valence-electron chi connectivity index (χ0n) is 17.4. The number of hydrogen-bond acceptors (Lipinski definition) is 5. The average molecular weight is 424 g/mol. The summed E-state index contributed by atoms with van der Waals surface area (Å²) in [6.45, 7) is 1.84. The molecule has 0 saturated carbocycles. The second-order valence-electron chi connectivity index (χ2n) is 7.47. The van der Waals surface area contributed by atoms with E-state index in [9.17, 15) is 9.59 Å². The number of aryl methyl sites for hydroxylation is 1. The molecule has 0 atom stereocenters. The van der Waals surface area contributed by atoms with Crippen LogP contribution in [0.15, 0.2) is 77.6 Å². The fourth-order valence-corrected chi connectivity index (χ4v) is 3.79. The van der Waals surface area contributed by atoms with Crippen molar-refractivity contribution in [3.63, 3.8) is 0 Å². The van der Waals surface area contributed by atoms with Crippen LogP contribution in [0.1, 0.15) is 21.6 Å². The van der Waals surface area contributed by atoms with Crippen LogP contribution in [0.3, 0.4) is 0 Å². The SMILES string of the molecule is Cc1nc2nc(-c3ccccc3)[nH]n2c(=O)c1CCOC(=O)c1cccc2ccccc12. The Kier molecular flexibility index (Phi) is 4.99. The molecule has 1 N–H and O–H groups in total. The molecule has 0 bridgehead atoms. The maximum absolute atomic E-state index is 13.0. The first kappa shape index (κ1) is 19.7. The number of aromatic amines is 1. The van der Waals surface area contributed by atoms with Crippen molar-refractivity contribution in [2.75, 3.05) is 6.61 Å². The van der Waals surface area contributed by atoms with Gasteiger partial charge >= 0.3 is 5.97 Å². The summed E-state index contributed by atoms with van der Waals surface area (Å²) in [6.07, 6.45) is 0.261. The van der Waals surface area contributed by atoms with E-state index in [0.717, 1.165) is 16.3 Å². The van der Waals surface area contributed by atoms with Crippen LogP contribution >= 0.6 is 0 Å². The van der Waals surface area contributed by atoms with E-state index in [4.69, 9.17) is 4.74 Å². The van der Waals surface area contributed by atoms with Crippen LogP contribution in [0.25, 0.3) is 27.9 Å². The number of fused-ring (bicyclic) bond motifs is 2. The van der Waals surface area contributed by atoms with Gasteiger partial charge in [-0.25, -0.2) is 9.78 Å². The molecule has 7 nitrogen and oxygen atoms in total. The first-order chi connectivity index (χ1) is 15.6. The van der Waals surface area contributed by atoms with Gasteiger partial charge in [-0.1, -0.05) is 66.7 Å². The summed E-state index contributed by atoms with van der Waals surface area (Å²) in [5, 5.41) is 4.83. The molecule has 0 saturated heterocycles. The topological polar surface area (TPSA) is 89.3 Å². The van der Waals surface area contributed by atoms with Crippen molar-refractivity contribution in [2.45, 2.75) is 13.3 Å². The van der Waals surface area contributed by atoms with Gasteiger partial charge in [-0.05, 0) is 23.8 Å². The lowest BCUT2D eigenvalue weighted by Crippen LogP contribution is -2.23. The third-order valence-corrected chi connectivity index (χ3v) is 5.44. The normalized spacial score (nSPS) is 11.2. The van der Waals surface area contributed by atoms with Gasteiger partial charge in [0.15, 0.2) is 5.82 Å². The van der Waals surface area contributed by atoms with Gasteiger partial charge in [0.05, 0.1) is 17.9 Å². The van der Waals surface area contributed by atoms with E-state index in [2.05, 4.69) is 15.1 Å². The Morgan fingerprint density at radius 1 is 0.969 bits per heavy atom. The summed E-state index contributed by atoms with van der Waals surface area (Å²) < 4.78 is 6.83. The van der Waals surface area contributed by atoms with E-state index in [1.165, 1.54) is 4.52 Å². The molecule has 158 valence electrons. The van der Waals surface area contributed by atoms with E-state index in [-0.39, 0.29) is 18.6 Å². The Morgan fingerprint density at radius 2 is 1.72 bits per heavy atom. The van der Waals surface area contributed by atoms with Crippen molar-refractivity contribution in [3.05, 3.63) is 100.0 Å². The molecule has 0 aliphatic rings. The van der Waals surface area contributed by atoms with Crippen molar-refractivity contribution in [2.24, 2.45) is 0 Å². The van der Waals surface area contributed by atoms with Crippen LogP contribution < -0.4 is 5.56 Å². The highest BCUT2D eigenvalue weighted by Gasteiger charge is 2.16. The van der Waals surface area contributed by atoms with Gasteiger partial charge < -0.3 is 4.74 Å². The van der Waals surface area contributed by atoms with E-state index in [0.29, 0.717) is 28.4 Å². The van der Waals surface area contributed by atoms with Gasteiger partial charge in [0.1, 0.15) is 0 Å². The predicted octanol–water partition coefficient (Wildman–Crippen LogP) is 3.95. The van der Waals surface area contributed by atoms with E-state index in [1.54, 1.807) is 13.0 Å². The van der Waals surface area contributed by atoms with Crippen LogP contribution in [0.2, 0.25) is 0 Å². The zero-order valence-corrected chi connectivity index (χ0v) is 17.4. The lowest BCUT2D eigenvalue weighted by Gasteiger charge is -2.08. The van der Waals surface area contributed by atoms with Crippen LogP contribution in [-0.2, 0) is 11.2 Å². The summed E-state index contributed by atoms with van der Waals surface area (Å²) in [5.74, 6) is 0.457. The smallest absolute Gasteiger partial charge is 0.338 e.